The van der Waals surface area contributed by atoms with Crippen LogP contribution in [0.3, 0.4) is 0 Å². The summed E-state index contributed by atoms with van der Waals surface area (Å²) < 4.78 is 5.14. The van der Waals surface area contributed by atoms with Crippen LogP contribution < -0.4 is 14.5 Å². The van der Waals surface area contributed by atoms with Crippen molar-refractivity contribution in [2.24, 2.45) is 0 Å². The third-order valence-electron chi connectivity index (χ3n) is 2.02. The molecular formula is C10H17N5O3. The van der Waals surface area contributed by atoms with Gasteiger partial charge in [0.2, 0.25) is 11.9 Å². The van der Waals surface area contributed by atoms with Gasteiger partial charge in [-0.2, -0.15) is 15.0 Å². The van der Waals surface area contributed by atoms with Crippen molar-refractivity contribution in [1.29, 1.82) is 0 Å². The normalized spacial score (nSPS) is 11.8. The van der Waals surface area contributed by atoms with Crippen molar-refractivity contribution >= 4 is 17.9 Å². The van der Waals surface area contributed by atoms with Gasteiger partial charge >= 0.3 is 12.0 Å². The maximum atomic E-state index is 10.7. The second-order valence-electron chi connectivity index (χ2n) is 4.11. The monoisotopic (exact) mass is 255 g/mol. The van der Waals surface area contributed by atoms with Gasteiger partial charge in [0.15, 0.2) is 6.10 Å². The molecule has 0 fully saturated rings. The first-order valence-electron chi connectivity index (χ1n) is 5.31. The van der Waals surface area contributed by atoms with E-state index in [9.17, 15) is 4.79 Å². The highest BCUT2D eigenvalue weighted by Crippen LogP contribution is 2.15. The summed E-state index contributed by atoms with van der Waals surface area (Å²) in [5.74, 6) is -0.268. The van der Waals surface area contributed by atoms with E-state index in [1.165, 1.54) is 6.92 Å². The molecule has 1 aromatic rings. The number of hydrogen-bond acceptors (Lipinski definition) is 7. The molecule has 1 unspecified atom stereocenters. The van der Waals surface area contributed by atoms with Crippen molar-refractivity contribution in [2.45, 2.75) is 13.0 Å². The van der Waals surface area contributed by atoms with Crippen LogP contribution in [-0.2, 0) is 4.79 Å². The van der Waals surface area contributed by atoms with Crippen LogP contribution in [-0.4, -0.2) is 60.3 Å². The van der Waals surface area contributed by atoms with E-state index in [-0.39, 0.29) is 6.01 Å². The summed E-state index contributed by atoms with van der Waals surface area (Å²) in [7, 11) is 7.11. The number of rotatable bonds is 5. The Kier molecular flexibility index (Phi) is 4.24. The van der Waals surface area contributed by atoms with Crippen LogP contribution in [0.25, 0.3) is 0 Å². The Morgan fingerprint density at radius 2 is 1.56 bits per heavy atom. The Bertz CT molecular complexity index is 409. The second-order valence-corrected chi connectivity index (χ2v) is 4.11. The Hall–Kier alpha value is -2.12. The van der Waals surface area contributed by atoms with Gasteiger partial charge in [0, 0.05) is 28.2 Å². The van der Waals surface area contributed by atoms with Crippen molar-refractivity contribution < 1.29 is 14.6 Å². The standard InChI is InChI=1S/C10H17N5O3/c1-6(7(16)17)18-10-12-8(14(2)3)11-9(13-10)15(4)5/h6H,1-5H3,(H,16,17). The highest BCUT2D eigenvalue weighted by Gasteiger charge is 2.17. The number of ether oxygens (including phenoxy) is 1. The smallest absolute Gasteiger partial charge is 0.344 e. The van der Waals surface area contributed by atoms with Gasteiger partial charge in [-0.15, -0.1) is 0 Å². The van der Waals surface area contributed by atoms with E-state index in [2.05, 4.69) is 15.0 Å². The first-order valence-corrected chi connectivity index (χ1v) is 5.31. The number of aromatic nitrogens is 3. The van der Waals surface area contributed by atoms with E-state index in [1.54, 1.807) is 38.0 Å². The third kappa shape index (κ3) is 3.44. The van der Waals surface area contributed by atoms with Crippen molar-refractivity contribution in [3.05, 3.63) is 0 Å². The molecule has 0 spiro atoms. The Balaban J connectivity index is 3.07. The molecule has 18 heavy (non-hydrogen) atoms. The average Bonchev–Trinajstić information content (AvgIpc) is 2.28. The molecule has 1 aromatic heterocycles. The summed E-state index contributed by atoms with van der Waals surface area (Å²) in [6, 6.07) is -0.00713. The average molecular weight is 255 g/mol. The van der Waals surface area contributed by atoms with Gasteiger partial charge in [-0.1, -0.05) is 0 Å². The Morgan fingerprint density at radius 3 is 1.89 bits per heavy atom. The van der Waals surface area contributed by atoms with Crippen LogP contribution >= 0.6 is 0 Å². The van der Waals surface area contributed by atoms with Crippen molar-refractivity contribution in [3.8, 4) is 6.01 Å². The molecule has 0 aliphatic carbocycles. The minimum absolute atomic E-state index is 0.00713. The molecule has 1 heterocycles. The molecule has 0 aliphatic heterocycles. The number of carbonyl (C=O) groups is 1. The fourth-order valence-corrected chi connectivity index (χ4v) is 0.997. The zero-order valence-electron chi connectivity index (χ0n) is 11.1. The lowest BCUT2D eigenvalue weighted by molar-refractivity contribution is -0.144. The summed E-state index contributed by atoms with van der Waals surface area (Å²) in [6.45, 7) is 1.41. The lowest BCUT2D eigenvalue weighted by Gasteiger charge is -2.17. The molecule has 0 aliphatic rings. The molecule has 0 saturated heterocycles. The summed E-state index contributed by atoms with van der Waals surface area (Å²) in [5.41, 5.74) is 0. The minimum Gasteiger partial charge on any atom is -0.479 e. The second kappa shape index (κ2) is 5.48. The van der Waals surface area contributed by atoms with Gasteiger partial charge in [0.25, 0.3) is 0 Å². The highest BCUT2D eigenvalue weighted by atomic mass is 16.5. The predicted octanol–water partition coefficient (Wildman–Crippen LogP) is -0.144. The maximum Gasteiger partial charge on any atom is 0.344 e. The fourth-order valence-electron chi connectivity index (χ4n) is 0.997. The molecule has 0 amide bonds. The van der Waals surface area contributed by atoms with Crippen LogP contribution in [0.15, 0.2) is 0 Å². The summed E-state index contributed by atoms with van der Waals surface area (Å²) in [6.07, 6.45) is -1.02. The molecule has 0 aromatic carbocycles. The molecule has 0 radical (unpaired) electrons. The SMILES string of the molecule is CC(Oc1nc(N(C)C)nc(N(C)C)n1)C(=O)O. The molecule has 1 atom stereocenters. The third-order valence-corrected chi connectivity index (χ3v) is 2.02. The Labute approximate surface area is 105 Å². The first kappa shape index (κ1) is 13.9. The quantitative estimate of drug-likeness (QED) is 0.777. The molecule has 0 bridgehead atoms. The zero-order valence-corrected chi connectivity index (χ0v) is 11.1. The number of carboxylic acids is 1. The van der Waals surface area contributed by atoms with E-state index in [4.69, 9.17) is 9.84 Å². The van der Waals surface area contributed by atoms with Gasteiger partial charge < -0.3 is 19.6 Å². The van der Waals surface area contributed by atoms with Gasteiger partial charge in [0.1, 0.15) is 0 Å². The molecule has 100 valence electrons. The van der Waals surface area contributed by atoms with E-state index in [1.807, 2.05) is 0 Å². The van der Waals surface area contributed by atoms with Crippen LogP contribution in [0.5, 0.6) is 6.01 Å². The van der Waals surface area contributed by atoms with Crippen molar-refractivity contribution in [3.63, 3.8) is 0 Å². The summed E-state index contributed by atoms with van der Waals surface area (Å²) >= 11 is 0. The van der Waals surface area contributed by atoms with Crippen LogP contribution in [0, 0.1) is 0 Å². The molecule has 1 rings (SSSR count). The number of nitrogens with zero attached hydrogens (tertiary/aromatic N) is 5. The number of carboxylic acid groups (broad SMARTS) is 1. The number of anilines is 2. The van der Waals surface area contributed by atoms with Crippen LogP contribution in [0.4, 0.5) is 11.9 Å². The van der Waals surface area contributed by atoms with Gasteiger partial charge in [-0.3, -0.25) is 0 Å². The van der Waals surface area contributed by atoms with E-state index in [0.717, 1.165) is 0 Å². The molecule has 0 saturated carbocycles. The van der Waals surface area contributed by atoms with Crippen LogP contribution in [0.2, 0.25) is 0 Å². The lowest BCUT2D eigenvalue weighted by Crippen LogP contribution is -2.25. The fraction of sp³-hybridized carbons (Fsp3) is 0.600. The van der Waals surface area contributed by atoms with Gasteiger partial charge in [0.05, 0.1) is 0 Å². The Morgan fingerprint density at radius 1 is 1.11 bits per heavy atom. The van der Waals surface area contributed by atoms with E-state index >= 15 is 0 Å². The maximum absolute atomic E-state index is 10.7. The predicted molar refractivity (Wildman–Crippen MR) is 66.2 cm³/mol. The largest absolute Gasteiger partial charge is 0.479 e. The van der Waals surface area contributed by atoms with Crippen molar-refractivity contribution in [1.82, 2.24) is 15.0 Å². The zero-order chi connectivity index (χ0) is 13.9. The summed E-state index contributed by atoms with van der Waals surface area (Å²) in [5, 5.41) is 8.78. The topological polar surface area (TPSA) is 91.7 Å². The molecule has 1 N–H and O–H groups in total. The lowest BCUT2D eigenvalue weighted by atomic mass is 10.4. The van der Waals surface area contributed by atoms with Crippen molar-refractivity contribution in [2.75, 3.05) is 38.0 Å². The number of hydrogen-bond donors (Lipinski definition) is 1. The first-order chi connectivity index (χ1) is 8.31. The summed E-state index contributed by atoms with van der Waals surface area (Å²) in [4.78, 5) is 26.3. The highest BCUT2D eigenvalue weighted by molar-refractivity contribution is 5.72. The van der Waals surface area contributed by atoms with Gasteiger partial charge in [-0.25, -0.2) is 4.79 Å². The van der Waals surface area contributed by atoms with Crippen LogP contribution in [0.1, 0.15) is 6.92 Å². The van der Waals surface area contributed by atoms with Gasteiger partial charge in [-0.05, 0) is 6.92 Å². The molecular weight excluding hydrogens is 238 g/mol. The molecule has 8 heteroatoms. The number of aliphatic carboxylic acids is 1. The molecule has 8 nitrogen and oxygen atoms in total. The van der Waals surface area contributed by atoms with E-state index < -0.39 is 12.1 Å². The van der Waals surface area contributed by atoms with E-state index in [0.29, 0.717) is 11.9 Å². The minimum atomic E-state index is -1.08.